The zero-order valence-electron chi connectivity index (χ0n) is 7.91. The van der Waals surface area contributed by atoms with Crippen LogP contribution in [-0.2, 0) is 14.3 Å². The summed E-state index contributed by atoms with van der Waals surface area (Å²) in [7, 11) is 2.94. The maximum absolute atomic E-state index is 12.4. The first kappa shape index (κ1) is 12.0. The van der Waals surface area contributed by atoms with Crippen molar-refractivity contribution in [2.24, 2.45) is 0 Å². The van der Waals surface area contributed by atoms with E-state index in [1.165, 1.54) is 14.2 Å². The van der Waals surface area contributed by atoms with E-state index in [1.807, 2.05) is 0 Å². The van der Waals surface area contributed by atoms with E-state index in [2.05, 4.69) is 0 Å². The van der Waals surface area contributed by atoms with Crippen LogP contribution in [0.2, 0.25) is 0 Å². The monoisotopic (exact) mass is 188 g/mol. The van der Waals surface area contributed by atoms with Crippen molar-refractivity contribution in [2.75, 3.05) is 14.2 Å². The Morgan fingerprint density at radius 3 is 2.31 bits per heavy atom. The first-order valence-electron chi connectivity index (χ1n) is 3.70. The first-order valence-corrected chi connectivity index (χ1v) is 3.70. The number of aldehydes is 1. The molecule has 4 heteroatoms. The molecule has 0 atom stereocenters. The fraction of sp³-hybridized carbons (Fsp3) is 0.444. The number of hydrogen-bond acceptors (Lipinski definition) is 3. The van der Waals surface area contributed by atoms with Gasteiger partial charge in [-0.15, -0.1) is 0 Å². The number of carbonyl (C=O) groups is 1. The molecule has 0 aliphatic heterocycles. The minimum Gasteiger partial charge on any atom is -0.352 e. The van der Waals surface area contributed by atoms with Gasteiger partial charge in [-0.3, -0.25) is 4.79 Å². The van der Waals surface area contributed by atoms with Gasteiger partial charge < -0.3 is 9.47 Å². The molecular weight excluding hydrogens is 175 g/mol. The van der Waals surface area contributed by atoms with E-state index in [4.69, 9.17) is 9.47 Å². The summed E-state index contributed by atoms with van der Waals surface area (Å²) in [4.78, 5) is 9.93. The van der Waals surface area contributed by atoms with Crippen LogP contribution in [0.1, 0.15) is 6.92 Å². The first-order chi connectivity index (χ1) is 6.13. The van der Waals surface area contributed by atoms with Crippen LogP contribution in [-0.4, -0.2) is 26.8 Å². The highest BCUT2D eigenvalue weighted by atomic mass is 19.1. The minimum atomic E-state index is -0.820. The predicted molar refractivity (Wildman–Crippen MR) is 46.8 cm³/mol. The summed E-state index contributed by atoms with van der Waals surface area (Å²) in [6.07, 6.45) is 2.29. The summed E-state index contributed by atoms with van der Waals surface area (Å²) in [5, 5.41) is 0. The highest BCUT2D eigenvalue weighted by Gasteiger charge is 2.00. The van der Waals surface area contributed by atoms with Crippen molar-refractivity contribution < 1.29 is 18.7 Å². The van der Waals surface area contributed by atoms with E-state index in [-0.39, 0.29) is 6.29 Å². The molecule has 74 valence electrons. The maximum Gasteiger partial charge on any atom is 0.178 e. The second-order valence-electron chi connectivity index (χ2n) is 2.40. The van der Waals surface area contributed by atoms with Crippen LogP contribution in [0.3, 0.4) is 0 Å². The number of hydrogen-bond donors (Lipinski definition) is 0. The Morgan fingerprint density at radius 1 is 1.38 bits per heavy atom. The summed E-state index contributed by atoms with van der Waals surface area (Å²) in [6, 6.07) is 0. The number of carbonyl (C=O) groups excluding carboxylic acids is 1. The van der Waals surface area contributed by atoms with Gasteiger partial charge in [0.1, 0.15) is 0 Å². The second-order valence-corrected chi connectivity index (χ2v) is 2.40. The molecule has 0 N–H and O–H groups in total. The van der Waals surface area contributed by atoms with Crippen molar-refractivity contribution in [1.82, 2.24) is 0 Å². The van der Waals surface area contributed by atoms with Crippen LogP contribution in [0.15, 0.2) is 23.6 Å². The smallest absolute Gasteiger partial charge is 0.178 e. The van der Waals surface area contributed by atoms with Gasteiger partial charge in [-0.05, 0) is 24.6 Å². The van der Waals surface area contributed by atoms with Gasteiger partial charge >= 0.3 is 0 Å². The lowest BCUT2D eigenvalue weighted by Crippen LogP contribution is -2.09. The van der Waals surface area contributed by atoms with Crippen LogP contribution in [0, 0.1) is 0 Å². The Hall–Kier alpha value is -1.00. The molecule has 0 amide bonds. The molecule has 0 spiro atoms. The lowest BCUT2D eigenvalue weighted by atomic mass is 10.2. The van der Waals surface area contributed by atoms with Gasteiger partial charge in [0.2, 0.25) is 0 Å². The van der Waals surface area contributed by atoms with Crippen molar-refractivity contribution >= 4 is 6.29 Å². The Morgan fingerprint density at radius 2 is 1.92 bits per heavy atom. The average Bonchev–Trinajstić information content (AvgIpc) is 2.13. The summed E-state index contributed by atoms with van der Waals surface area (Å²) in [6.45, 7) is 1.65. The van der Waals surface area contributed by atoms with E-state index in [0.29, 0.717) is 5.57 Å². The van der Waals surface area contributed by atoms with Crippen molar-refractivity contribution in [1.29, 1.82) is 0 Å². The summed E-state index contributed by atoms with van der Waals surface area (Å²) in [5.41, 5.74) is 0.568. The van der Waals surface area contributed by atoms with E-state index >= 15 is 0 Å². The fourth-order valence-electron chi connectivity index (χ4n) is 0.747. The van der Waals surface area contributed by atoms with Gasteiger partial charge in [0, 0.05) is 14.2 Å². The number of allylic oxidation sites excluding steroid dienone is 3. The molecule has 13 heavy (non-hydrogen) atoms. The Bertz CT molecular complexity index is 217. The van der Waals surface area contributed by atoms with Crippen molar-refractivity contribution in [3.8, 4) is 0 Å². The van der Waals surface area contributed by atoms with Gasteiger partial charge in [0.05, 0.1) is 0 Å². The maximum atomic E-state index is 12.4. The molecule has 0 saturated carbocycles. The van der Waals surface area contributed by atoms with Crippen molar-refractivity contribution in [3.63, 3.8) is 0 Å². The largest absolute Gasteiger partial charge is 0.352 e. The normalized spacial score (nSPS) is 13.6. The summed E-state index contributed by atoms with van der Waals surface area (Å²) >= 11 is 0. The molecule has 0 aromatic rings. The Labute approximate surface area is 76.8 Å². The van der Waals surface area contributed by atoms with Crippen LogP contribution in [0.25, 0.3) is 0 Å². The van der Waals surface area contributed by atoms with Crippen LogP contribution in [0.4, 0.5) is 4.39 Å². The number of halogens is 1. The van der Waals surface area contributed by atoms with Crippen molar-refractivity contribution in [2.45, 2.75) is 13.2 Å². The van der Waals surface area contributed by atoms with Gasteiger partial charge in [-0.1, -0.05) is 0 Å². The molecule has 0 saturated heterocycles. The third kappa shape index (κ3) is 5.27. The molecule has 0 rings (SSSR count). The quantitative estimate of drug-likeness (QED) is 0.284. The summed E-state index contributed by atoms with van der Waals surface area (Å²) < 4.78 is 22.1. The average molecular weight is 188 g/mol. The second kappa shape index (κ2) is 6.51. The van der Waals surface area contributed by atoms with E-state index in [1.54, 1.807) is 13.0 Å². The topological polar surface area (TPSA) is 35.5 Å². The number of rotatable bonds is 5. The Balaban J connectivity index is 4.38. The zero-order chi connectivity index (χ0) is 10.3. The molecule has 0 unspecified atom stereocenters. The number of ether oxygens (including phenoxy) is 2. The van der Waals surface area contributed by atoms with Gasteiger partial charge in [-0.2, -0.15) is 0 Å². The van der Waals surface area contributed by atoms with Gasteiger partial charge in [-0.25, -0.2) is 4.39 Å². The molecule has 0 bridgehead atoms. The highest BCUT2D eigenvalue weighted by molar-refractivity contribution is 5.70. The third-order valence-electron chi connectivity index (χ3n) is 1.34. The lowest BCUT2D eigenvalue weighted by molar-refractivity contribution is -0.106. The van der Waals surface area contributed by atoms with Crippen LogP contribution >= 0.6 is 0 Å². The Kier molecular flexibility index (Phi) is 6.01. The molecule has 0 aliphatic carbocycles. The highest BCUT2D eigenvalue weighted by Crippen LogP contribution is 2.04. The zero-order valence-corrected chi connectivity index (χ0v) is 7.91. The van der Waals surface area contributed by atoms with Crippen LogP contribution < -0.4 is 0 Å². The van der Waals surface area contributed by atoms with E-state index < -0.39 is 12.1 Å². The summed E-state index contributed by atoms with van der Waals surface area (Å²) in [5.74, 6) is -0.820. The SMILES string of the molecule is COC(/C=C(C)/C=C(\F)C=O)OC. The molecule has 0 radical (unpaired) electrons. The molecule has 3 nitrogen and oxygen atoms in total. The molecular formula is C9H13FO3. The third-order valence-corrected chi connectivity index (χ3v) is 1.34. The van der Waals surface area contributed by atoms with E-state index in [0.717, 1.165) is 6.08 Å². The fourth-order valence-corrected chi connectivity index (χ4v) is 0.747. The van der Waals surface area contributed by atoms with Crippen molar-refractivity contribution in [3.05, 3.63) is 23.6 Å². The van der Waals surface area contributed by atoms with Crippen LogP contribution in [0.5, 0.6) is 0 Å². The lowest BCUT2D eigenvalue weighted by Gasteiger charge is -2.08. The molecule has 0 fully saturated rings. The molecule has 0 aromatic heterocycles. The molecule has 0 heterocycles. The predicted octanol–water partition coefficient (Wildman–Crippen LogP) is 1.60. The number of methoxy groups -OCH3 is 2. The molecule has 0 aromatic carbocycles. The van der Waals surface area contributed by atoms with E-state index in [9.17, 15) is 9.18 Å². The van der Waals surface area contributed by atoms with Gasteiger partial charge in [0.15, 0.2) is 18.4 Å². The molecule has 0 aliphatic rings. The van der Waals surface area contributed by atoms with Gasteiger partial charge in [0.25, 0.3) is 0 Å². The standard InChI is InChI=1S/C9H13FO3/c1-7(4-8(10)6-11)5-9(12-2)13-3/h4-6,9H,1-3H3/b7-5+,8-4-. The minimum absolute atomic E-state index is 0.145.